The Balaban J connectivity index is 0.00000294. The van der Waals surface area contributed by atoms with Gasteiger partial charge >= 0.3 is 0 Å². The summed E-state index contributed by atoms with van der Waals surface area (Å²) < 4.78 is 11.1. The summed E-state index contributed by atoms with van der Waals surface area (Å²) >= 11 is 6.01. The van der Waals surface area contributed by atoms with Crippen LogP contribution in [0.3, 0.4) is 0 Å². The lowest BCUT2D eigenvalue weighted by Gasteiger charge is -2.19. The number of nitrogens with zero attached hydrogens (tertiary/aromatic N) is 1. The van der Waals surface area contributed by atoms with E-state index in [2.05, 4.69) is 15.6 Å². The molecule has 3 aromatic carbocycles. The molecule has 1 amide bonds. The molecule has 0 aliphatic rings. The van der Waals surface area contributed by atoms with Crippen molar-refractivity contribution in [3.63, 3.8) is 0 Å². The Morgan fingerprint density at radius 3 is 2.54 bits per heavy atom. The molecule has 41 heavy (non-hydrogen) atoms. The molecule has 0 unspecified atom stereocenters. The van der Waals surface area contributed by atoms with Crippen LogP contribution in [0.4, 0.5) is 0 Å². The van der Waals surface area contributed by atoms with E-state index in [-0.39, 0.29) is 43.4 Å². The fraction of sp³-hybridized carbons (Fsp3) is 0.267. The van der Waals surface area contributed by atoms with E-state index in [9.17, 15) is 15.0 Å². The first kappa shape index (κ1) is 34.3. The van der Waals surface area contributed by atoms with Gasteiger partial charge in [0.05, 0.1) is 24.8 Å². The number of carbonyl (C=O) groups is 1. The second-order valence-corrected chi connectivity index (χ2v) is 9.53. The van der Waals surface area contributed by atoms with Gasteiger partial charge in [-0.1, -0.05) is 35.9 Å². The van der Waals surface area contributed by atoms with E-state index in [0.717, 1.165) is 16.5 Å². The third-order valence-electron chi connectivity index (χ3n) is 6.24. The highest BCUT2D eigenvalue weighted by Gasteiger charge is 2.14. The van der Waals surface area contributed by atoms with Crippen LogP contribution in [0.2, 0.25) is 5.02 Å². The monoisotopic (exact) mass is 621 g/mol. The molecule has 8 nitrogen and oxygen atoms in total. The Morgan fingerprint density at radius 2 is 1.83 bits per heavy atom. The number of fused-ring (bicyclic) bond motifs is 1. The van der Waals surface area contributed by atoms with E-state index in [1.54, 1.807) is 49.7 Å². The third kappa shape index (κ3) is 9.83. The second kappa shape index (κ2) is 17.1. The number of carbonyl (C=O) groups excluding carboxylic acids is 1. The summed E-state index contributed by atoms with van der Waals surface area (Å²) in [7, 11) is 1.59. The number of aromatic nitrogens is 1. The van der Waals surface area contributed by atoms with E-state index in [1.165, 1.54) is 0 Å². The van der Waals surface area contributed by atoms with Crippen LogP contribution >= 0.6 is 36.4 Å². The maximum absolute atomic E-state index is 12.4. The summed E-state index contributed by atoms with van der Waals surface area (Å²) in [5.74, 6) is 1.09. The van der Waals surface area contributed by atoms with E-state index >= 15 is 0 Å². The molecule has 0 aliphatic carbocycles. The highest BCUT2D eigenvalue weighted by Crippen LogP contribution is 2.29. The molecule has 2 atom stereocenters. The highest BCUT2D eigenvalue weighted by atomic mass is 35.5. The van der Waals surface area contributed by atoms with Crippen molar-refractivity contribution in [3.8, 4) is 11.5 Å². The van der Waals surface area contributed by atoms with Gasteiger partial charge in [0.1, 0.15) is 11.5 Å². The molecule has 11 heteroatoms. The van der Waals surface area contributed by atoms with Crippen molar-refractivity contribution in [1.29, 1.82) is 0 Å². The molecule has 0 saturated carbocycles. The minimum Gasteiger partial charge on any atom is -0.457 e. The molecule has 4 N–H and O–H groups in total. The summed E-state index contributed by atoms with van der Waals surface area (Å²) in [5, 5.41) is 27.7. The predicted octanol–water partition coefficient (Wildman–Crippen LogP) is 5.13. The van der Waals surface area contributed by atoms with Crippen LogP contribution in [0, 0.1) is 0 Å². The minimum absolute atomic E-state index is 0. The van der Waals surface area contributed by atoms with Gasteiger partial charge in [-0.2, -0.15) is 0 Å². The number of amides is 1. The summed E-state index contributed by atoms with van der Waals surface area (Å²) in [5.41, 5.74) is 2.90. The van der Waals surface area contributed by atoms with Gasteiger partial charge in [-0.05, 0) is 66.1 Å². The molecule has 4 rings (SSSR count). The zero-order chi connectivity index (χ0) is 27.6. The first-order valence-corrected chi connectivity index (χ1v) is 13.0. The largest absolute Gasteiger partial charge is 0.457 e. The topological polar surface area (TPSA) is 113 Å². The van der Waals surface area contributed by atoms with Crippen molar-refractivity contribution in [2.75, 3.05) is 33.4 Å². The first-order valence-electron chi connectivity index (χ1n) is 12.7. The molecule has 0 bridgehead atoms. The molecule has 0 saturated heterocycles. The number of pyridine rings is 1. The Bertz CT molecular complexity index is 1390. The smallest absolute Gasteiger partial charge is 0.251 e. The lowest BCUT2D eigenvalue weighted by Crippen LogP contribution is -2.37. The number of methoxy groups -OCH3 is 1. The molecule has 0 spiro atoms. The average Bonchev–Trinajstić information content (AvgIpc) is 2.96. The molecule has 0 aliphatic heterocycles. The molecule has 1 aromatic heterocycles. The van der Waals surface area contributed by atoms with Crippen molar-refractivity contribution in [2.45, 2.75) is 18.6 Å². The number of aliphatic hydroxyl groups excluding tert-OH is 2. The number of aliphatic hydroxyl groups is 2. The Labute approximate surface area is 256 Å². The Kier molecular flexibility index (Phi) is 14.3. The minimum atomic E-state index is -0.732. The van der Waals surface area contributed by atoms with Gasteiger partial charge in [-0.3, -0.25) is 9.78 Å². The maximum Gasteiger partial charge on any atom is 0.251 e. The fourth-order valence-electron chi connectivity index (χ4n) is 4.14. The van der Waals surface area contributed by atoms with Crippen LogP contribution in [0.25, 0.3) is 10.9 Å². The van der Waals surface area contributed by atoms with Crippen molar-refractivity contribution in [1.82, 2.24) is 15.6 Å². The van der Waals surface area contributed by atoms with Crippen LogP contribution in [-0.2, 0) is 11.2 Å². The van der Waals surface area contributed by atoms with Crippen LogP contribution < -0.4 is 15.4 Å². The SMILES string of the molecule is COCCNC(=O)c1ccc2c(Oc3ccc(C[C@@H](CO)NC[C@H](O)c4cccc(Cl)c4)cc3)ccnc2c1.Cl.Cl. The van der Waals surface area contributed by atoms with Gasteiger partial charge in [0.15, 0.2) is 0 Å². The molecule has 4 aromatic rings. The van der Waals surface area contributed by atoms with Gasteiger partial charge in [0.25, 0.3) is 5.91 Å². The van der Waals surface area contributed by atoms with E-state index in [1.807, 2.05) is 36.4 Å². The summed E-state index contributed by atoms with van der Waals surface area (Å²) in [6.45, 7) is 1.09. The van der Waals surface area contributed by atoms with Crippen molar-refractivity contribution in [2.24, 2.45) is 0 Å². The van der Waals surface area contributed by atoms with Crippen molar-refractivity contribution < 1.29 is 24.5 Å². The van der Waals surface area contributed by atoms with E-state index < -0.39 is 6.10 Å². The normalized spacial score (nSPS) is 12.1. The van der Waals surface area contributed by atoms with Crippen LogP contribution in [0.5, 0.6) is 11.5 Å². The summed E-state index contributed by atoms with van der Waals surface area (Å²) in [6.07, 6.45) is 1.49. The summed E-state index contributed by atoms with van der Waals surface area (Å²) in [6, 6.07) is 21.6. The van der Waals surface area contributed by atoms with Crippen molar-refractivity contribution in [3.05, 3.63) is 101 Å². The number of hydrogen-bond acceptors (Lipinski definition) is 7. The van der Waals surface area contributed by atoms with Crippen LogP contribution in [0.1, 0.15) is 27.6 Å². The molecule has 220 valence electrons. The average molecular weight is 623 g/mol. The molecular weight excluding hydrogens is 589 g/mol. The standard InChI is InChI=1S/C30H32ClN3O5.2ClH/c1-38-14-13-33-30(37)22-7-10-26-27(17-22)32-12-11-29(26)39-25-8-5-20(6-9-25)15-24(19-35)34-18-28(36)21-3-2-4-23(31)16-21;;/h2-12,16-17,24,28,34-36H,13-15,18-19H2,1H3,(H,33,37);2*1H/t24-,28-;;/m0../s1. The number of nitrogens with one attached hydrogen (secondary N) is 2. The third-order valence-corrected chi connectivity index (χ3v) is 6.48. The number of halogens is 3. The predicted molar refractivity (Wildman–Crippen MR) is 166 cm³/mol. The fourth-order valence-corrected chi connectivity index (χ4v) is 4.34. The zero-order valence-corrected chi connectivity index (χ0v) is 24.8. The zero-order valence-electron chi connectivity index (χ0n) is 22.5. The molecular formula is C30H34Cl3N3O5. The van der Waals surface area contributed by atoms with Gasteiger partial charge in [0, 0.05) is 48.4 Å². The number of ether oxygens (including phenoxy) is 2. The van der Waals surface area contributed by atoms with Crippen LogP contribution in [-0.4, -0.2) is 60.6 Å². The lowest BCUT2D eigenvalue weighted by molar-refractivity contribution is 0.0937. The maximum atomic E-state index is 12.4. The van der Waals surface area contributed by atoms with Gasteiger partial charge in [-0.25, -0.2) is 0 Å². The quantitative estimate of drug-likeness (QED) is 0.153. The van der Waals surface area contributed by atoms with Gasteiger partial charge in [0.2, 0.25) is 0 Å². The van der Waals surface area contributed by atoms with Crippen LogP contribution in [0.15, 0.2) is 79.0 Å². The number of benzene rings is 3. The Hall–Kier alpha value is -2.95. The van der Waals surface area contributed by atoms with Crippen molar-refractivity contribution >= 4 is 53.2 Å². The summed E-state index contributed by atoms with van der Waals surface area (Å²) in [4.78, 5) is 16.8. The Morgan fingerprint density at radius 1 is 1.05 bits per heavy atom. The number of rotatable bonds is 13. The molecule has 0 fully saturated rings. The first-order chi connectivity index (χ1) is 19.0. The van der Waals surface area contributed by atoms with Gasteiger partial charge < -0.3 is 30.3 Å². The number of hydrogen-bond donors (Lipinski definition) is 4. The van der Waals surface area contributed by atoms with E-state index in [4.69, 9.17) is 21.1 Å². The van der Waals surface area contributed by atoms with E-state index in [0.29, 0.717) is 53.7 Å². The highest BCUT2D eigenvalue weighted by molar-refractivity contribution is 6.30. The second-order valence-electron chi connectivity index (χ2n) is 9.10. The molecule has 1 heterocycles. The lowest BCUT2D eigenvalue weighted by atomic mass is 10.0. The molecule has 0 radical (unpaired) electrons. The van der Waals surface area contributed by atoms with Gasteiger partial charge in [-0.15, -0.1) is 24.8 Å².